The van der Waals surface area contributed by atoms with Crippen molar-refractivity contribution in [2.75, 3.05) is 13.7 Å². The topological polar surface area (TPSA) is 74.1 Å². The van der Waals surface area contributed by atoms with Crippen LogP contribution < -0.4 is 15.4 Å². The van der Waals surface area contributed by atoms with Crippen LogP contribution in [0.15, 0.2) is 18.2 Å². The molecule has 0 spiro atoms. The maximum atomic E-state index is 11.5. The van der Waals surface area contributed by atoms with Gasteiger partial charge >= 0.3 is 0 Å². The lowest BCUT2D eigenvalue weighted by atomic mass is 10.1. The molecule has 1 fully saturated rings. The molecule has 21 heavy (non-hydrogen) atoms. The third kappa shape index (κ3) is 5.09. The number of nitrogens with one attached hydrogen (secondary N) is 2. The summed E-state index contributed by atoms with van der Waals surface area (Å²) in [6.45, 7) is 1.39. The Morgan fingerprint density at radius 3 is 2.95 bits per heavy atom. The largest absolute Gasteiger partial charge is 0.496 e. The van der Waals surface area contributed by atoms with Crippen molar-refractivity contribution in [1.29, 1.82) is 5.26 Å². The standard InChI is InChI=1S/C16H21N3O2/c1-21-15-7-4-12(10-17)9-13(15)11-18-8-2-3-16(20)19-14-5-6-14/h4,7,9,14,18H,2-3,5-6,8,11H2,1H3,(H,19,20). The van der Waals surface area contributed by atoms with E-state index in [9.17, 15) is 4.79 Å². The van der Waals surface area contributed by atoms with Gasteiger partial charge in [0.1, 0.15) is 5.75 Å². The van der Waals surface area contributed by atoms with E-state index in [4.69, 9.17) is 10.00 Å². The Bertz CT molecular complexity index is 533. The van der Waals surface area contributed by atoms with E-state index >= 15 is 0 Å². The van der Waals surface area contributed by atoms with Crippen LogP contribution in [0.2, 0.25) is 0 Å². The van der Waals surface area contributed by atoms with Crippen molar-refractivity contribution in [3.05, 3.63) is 29.3 Å². The number of hydrogen-bond donors (Lipinski definition) is 2. The first kappa shape index (κ1) is 15.3. The van der Waals surface area contributed by atoms with E-state index in [1.807, 2.05) is 6.07 Å². The first-order chi connectivity index (χ1) is 10.2. The maximum absolute atomic E-state index is 11.5. The van der Waals surface area contributed by atoms with Crippen LogP contribution in [0.25, 0.3) is 0 Å². The molecule has 5 heteroatoms. The molecule has 1 aliphatic carbocycles. The number of benzene rings is 1. The van der Waals surface area contributed by atoms with E-state index in [0.29, 0.717) is 24.6 Å². The molecule has 1 amide bonds. The molecule has 0 radical (unpaired) electrons. The summed E-state index contributed by atoms with van der Waals surface area (Å²) in [6.07, 6.45) is 3.61. The fourth-order valence-electron chi connectivity index (χ4n) is 2.11. The molecule has 0 heterocycles. The molecule has 0 saturated heterocycles. The van der Waals surface area contributed by atoms with Gasteiger partial charge in [0, 0.05) is 24.6 Å². The second-order valence-electron chi connectivity index (χ2n) is 5.26. The van der Waals surface area contributed by atoms with Gasteiger partial charge in [0.05, 0.1) is 18.7 Å². The zero-order valence-corrected chi connectivity index (χ0v) is 12.3. The molecule has 1 aromatic carbocycles. The van der Waals surface area contributed by atoms with Gasteiger partial charge in [0.2, 0.25) is 5.91 Å². The van der Waals surface area contributed by atoms with E-state index in [1.165, 1.54) is 0 Å². The van der Waals surface area contributed by atoms with Gasteiger partial charge in [-0.15, -0.1) is 0 Å². The molecule has 1 aromatic rings. The van der Waals surface area contributed by atoms with E-state index in [-0.39, 0.29) is 5.91 Å². The lowest BCUT2D eigenvalue weighted by molar-refractivity contribution is -0.121. The van der Waals surface area contributed by atoms with Gasteiger partial charge in [-0.05, 0) is 44.0 Å². The fourth-order valence-corrected chi connectivity index (χ4v) is 2.11. The Morgan fingerprint density at radius 2 is 2.29 bits per heavy atom. The zero-order valence-electron chi connectivity index (χ0n) is 12.3. The second-order valence-corrected chi connectivity index (χ2v) is 5.26. The molecule has 0 aromatic heterocycles. The third-order valence-electron chi connectivity index (χ3n) is 3.42. The highest BCUT2D eigenvalue weighted by Crippen LogP contribution is 2.20. The van der Waals surface area contributed by atoms with Crippen LogP contribution >= 0.6 is 0 Å². The summed E-state index contributed by atoms with van der Waals surface area (Å²) in [5.41, 5.74) is 1.58. The van der Waals surface area contributed by atoms with Gasteiger partial charge in [-0.1, -0.05) is 0 Å². The summed E-state index contributed by atoms with van der Waals surface area (Å²) in [6, 6.07) is 7.93. The van der Waals surface area contributed by atoms with Crippen LogP contribution in [0.4, 0.5) is 0 Å². The minimum absolute atomic E-state index is 0.142. The Labute approximate surface area is 125 Å². The van der Waals surface area contributed by atoms with Crippen molar-refractivity contribution in [2.24, 2.45) is 0 Å². The Balaban J connectivity index is 1.70. The first-order valence-corrected chi connectivity index (χ1v) is 7.30. The Kier molecular flexibility index (Phi) is 5.59. The summed E-state index contributed by atoms with van der Waals surface area (Å²) in [4.78, 5) is 11.5. The van der Waals surface area contributed by atoms with Crippen LogP contribution in [-0.2, 0) is 11.3 Å². The Hall–Kier alpha value is -2.06. The number of hydrogen-bond acceptors (Lipinski definition) is 4. The second kappa shape index (κ2) is 7.65. The van der Waals surface area contributed by atoms with Crippen LogP contribution in [0.1, 0.15) is 36.8 Å². The molecule has 5 nitrogen and oxygen atoms in total. The predicted octanol–water partition coefficient (Wildman–Crippen LogP) is 1.72. The lowest BCUT2D eigenvalue weighted by Crippen LogP contribution is -2.26. The molecule has 0 atom stereocenters. The van der Waals surface area contributed by atoms with E-state index in [0.717, 1.165) is 37.1 Å². The molecular weight excluding hydrogens is 266 g/mol. The van der Waals surface area contributed by atoms with Crippen LogP contribution in [-0.4, -0.2) is 25.6 Å². The monoisotopic (exact) mass is 287 g/mol. The smallest absolute Gasteiger partial charge is 0.220 e. The number of carbonyl (C=O) groups excluding carboxylic acids is 1. The van der Waals surface area contributed by atoms with Crippen molar-refractivity contribution in [1.82, 2.24) is 10.6 Å². The summed E-state index contributed by atoms with van der Waals surface area (Å²) in [5.74, 6) is 0.913. The van der Waals surface area contributed by atoms with Crippen molar-refractivity contribution in [3.63, 3.8) is 0 Å². The molecular formula is C16H21N3O2. The number of methoxy groups -OCH3 is 1. The highest BCUT2D eigenvalue weighted by Gasteiger charge is 2.22. The average molecular weight is 287 g/mol. The SMILES string of the molecule is COc1ccc(C#N)cc1CNCCCC(=O)NC1CC1. The fraction of sp³-hybridized carbons (Fsp3) is 0.500. The lowest BCUT2D eigenvalue weighted by Gasteiger charge is -2.10. The summed E-state index contributed by atoms with van der Waals surface area (Å²) < 4.78 is 5.28. The summed E-state index contributed by atoms with van der Waals surface area (Å²) in [7, 11) is 1.62. The number of nitriles is 1. The molecule has 2 rings (SSSR count). The molecule has 0 aliphatic heterocycles. The number of carbonyl (C=O) groups is 1. The molecule has 2 N–H and O–H groups in total. The molecule has 0 unspecified atom stereocenters. The number of nitrogens with zero attached hydrogens (tertiary/aromatic N) is 1. The minimum Gasteiger partial charge on any atom is -0.496 e. The van der Waals surface area contributed by atoms with Crippen molar-refractivity contribution >= 4 is 5.91 Å². The summed E-state index contributed by atoms with van der Waals surface area (Å²) >= 11 is 0. The predicted molar refractivity (Wildman–Crippen MR) is 79.8 cm³/mol. The van der Waals surface area contributed by atoms with Gasteiger partial charge in [0.15, 0.2) is 0 Å². The molecule has 1 saturated carbocycles. The van der Waals surface area contributed by atoms with Gasteiger partial charge in [0.25, 0.3) is 0 Å². The third-order valence-corrected chi connectivity index (χ3v) is 3.42. The molecule has 0 bridgehead atoms. The van der Waals surface area contributed by atoms with Crippen molar-refractivity contribution < 1.29 is 9.53 Å². The summed E-state index contributed by atoms with van der Waals surface area (Å²) in [5, 5.41) is 15.2. The van der Waals surface area contributed by atoms with Crippen LogP contribution in [0.5, 0.6) is 5.75 Å². The van der Waals surface area contributed by atoms with E-state index in [2.05, 4.69) is 16.7 Å². The minimum atomic E-state index is 0.142. The maximum Gasteiger partial charge on any atom is 0.220 e. The highest BCUT2D eigenvalue weighted by atomic mass is 16.5. The normalized spacial score (nSPS) is 13.5. The van der Waals surface area contributed by atoms with Crippen LogP contribution in [0.3, 0.4) is 0 Å². The van der Waals surface area contributed by atoms with Gasteiger partial charge in [-0.3, -0.25) is 4.79 Å². The van der Waals surface area contributed by atoms with Gasteiger partial charge in [-0.25, -0.2) is 0 Å². The van der Waals surface area contributed by atoms with Crippen LogP contribution in [0, 0.1) is 11.3 Å². The first-order valence-electron chi connectivity index (χ1n) is 7.30. The quantitative estimate of drug-likeness (QED) is 0.714. The Morgan fingerprint density at radius 1 is 1.48 bits per heavy atom. The van der Waals surface area contributed by atoms with Crippen molar-refractivity contribution in [3.8, 4) is 11.8 Å². The van der Waals surface area contributed by atoms with Gasteiger partial charge in [-0.2, -0.15) is 5.26 Å². The number of amides is 1. The number of ether oxygens (including phenoxy) is 1. The highest BCUT2D eigenvalue weighted by molar-refractivity contribution is 5.76. The van der Waals surface area contributed by atoms with Crippen molar-refractivity contribution in [2.45, 2.75) is 38.3 Å². The molecule has 1 aliphatic rings. The van der Waals surface area contributed by atoms with E-state index < -0.39 is 0 Å². The molecule has 112 valence electrons. The van der Waals surface area contributed by atoms with Gasteiger partial charge < -0.3 is 15.4 Å². The zero-order chi connectivity index (χ0) is 15.1. The van der Waals surface area contributed by atoms with E-state index in [1.54, 1.807) is 19.2 Å². The number of rotatable bonds is 8. The average Bonchev–Trinajstić information content (AvgIpc) is 3.30.